The number of fused-ring (bicyclic) bond motifs is 1. The predicted octanol–water partition coefficient (Wildman–Crippen LogP) is 4.73. The van der Waals surface area contributed by atoms with Crippen molar-refractivity contribution in [2.24, 2.45) is 0 Å². The fourth-order valence-corrected chi connectivity index (χ4v) is 2.43. The average Bonchev–Trinajstić information content (AvgIpc) is 2.53. The molecule has 3 rings (SSSR count). The molecule has 110 valence electrons. The van der Waals surface area contributed by atoms with Crippen LogP contribution in [0.15, 0.2) is 54.7 Å². The summed E-state index contributed by atoms with van der Waals surface area (Å²) < 4.78 is 39.2. The van der Waals surface area contributed by atoms with Crippen molar-refractivity contribution in [2.45, 2.75) is 6.18 Å². The fourth-order valence-electron chi connectivity index (χ4n) is 2.43. The monoisotopic (exact) mass is 301 g/mol. The van der Waals surface area contributed by atoms with Crippen LogP contribution in [0.3, 0.4) is 0 Å². The molecule has 0 radical (unpaired) electrons. The molecule has 0 atom stereocenters. The number of alkyl halides is 3. The van der Waals surface area contributed by atoms with E-state index in [1.165, 1.54) is 12.1 Å². The van der Waals surface area contributed by atoms with Gasteiger partial charge in [-0.05, 0) is 29.3 Å². The zero-order chi connectivity index (χ0) is 15.7. The number of nitrogens with zero attached hydrogens (tertiary/aromatic N) is 1. The SMILES string of the molecule is O=Cc1ccc(-c2cccc3ncccc23)cc1C(F)(F)F. The van der Waals surface area contributed by atoms with Crippen molar-refractivity contribution in [2.75, 3.05) is 0 Å². The zero-order valence-corrected chi connectivity index (χ0v) is 11.3. The number of rotatable bonds is 2. The van der Waals surface area contributed by atoms with Gasteiger partial charge in [-0.15, -0.1) is 0 Å². The van der Waals surface area contributed by atoms with Gasteiger partial charge in [0.05, 0.1) is 11.1 Å². The van der Waals surface area contributed by atoms with E-state index in [1.807, 2.05) is 0 Å². The van der Waals surface area contributed by atoms with E-state index in [0.717, 1.165) is 11.5 Å². The van der Waals surface area contributed by atoms with E-state index in [-0.39, 0.29) is 11.8 Å². The third-order valence-corrected chi connectivity index (χ3v) is 3.44. The third kappa shape index (κ3) is 2.45. The number of hydrogen-bond acceptors (Lipinski definition) is 2. The third-order valence-electron chi connectivity index (χ3n) is 3.44. The molecule has 0 saturated carbocycles. The Kier molecular flexibility index (Phi) is 3.41. The second-order valence-corrected chi connectivity index (χ2v) is 4.79. The minimum Gasteiger partial charge on any atom is -0.298 e. The molecule has 0 bridgehead atoms. The lowest BCUT2D eigenvalue weighted by atomic mass is 9.96. The topological polar surface area (TPSA) is 30.0 Å². The van der Waals surface area contributed by atoms with Crippen molar-refractivity contribution in [1.29, 1.82) is 0 Å². The van der Waals surface area contributed by atoms with Gasteiger partial charge in [0.1, 0.15) is 0 Å². The lowest BCUT2D eigenvalue weighted by Gasteiger charge is -2.12. The Bertz CT molecular complexity index is 851. The average molecular weight is 301 g/mol. The number of carbonyl (C=O) groups is 1. The summed E-state index contributed by atoms with van der Waals surface area (Å²) in [6.45, 7) is 0. The normalized spacial score (nSPS) is 11.6. The molecule has 0 unspecified atom stereocenters. The smallest absolute Gasteiger partial charge is 0.298 e. The Balaban J connectivity index is 2.26. The van der Waals surface area contributed by atoms with Crippen molar-refractivity contribution in [3.63, 3.8) is 0 Å². The molecule has 0 amide bonds. The maximum absolute atomic E-state index is 13.1. The molecule has 1 heterocycles. The summed E-state index contributed by atoms with van der Waals surface area (Å²) in [4.78, 5) is 15.0. The molecule has 1 aromatic heterocycles. The maximum atomic E-state index is 13.1. The molecule has 22 heavy (non-hydrogen) atoms. The van der Waals surface area contributed by atoms with Crippen molar-refractivity contribution in [1.82, 2.24) is 4.98 Å². The molecule has 2 nitrogen and oxygen atoms in total. The number of benzene rings is 2. The molecule has 3 aromatic rings. The van der Waals surface area contributed by atoms with Crippen LogP contribution in [0, 0.1) is 0 Å². The van der Waals surface area contributed by atoms with Crippen LogP contribution in [0.1, 0.15) is 15.9 Å². The van der Waals surface area contributed by atoms with Gasteiger partial charge in [-0.2, -0.15) is 13.2 Å². The Morgan fingerprint density at radius 3 is 2.55 bits per heavy atom. The number of aromatic nitrogens is 1. The van der Waals surface area contributed by atoms with Crippen LogP contribution < -0.4 is 0 Å². The first-order valence-electron chi connectivity index (χ1n) is 6.51. The van der Waals surface area contributed by atoms with Crippen LogP contribution in [-0.2, 0) is 6.18 Å². The largest absolute Gasteiger partial charge is 0.417 e. The quantitative estimate of drug-likeness (QED) is 0.640. The summed E-state index contributed by atoms with van der Waals surface area (Å²) in [5, 5.41) is 0.761. The first-order valence-corrected chi connectivity index (χ1v) is 6.51. The van der Waals surface area contributed by atoms with E-state index in [0.29, 0.717) is 16.6 Å². The molecule has 0 fully saturated rings. The number of aldehydes is 1. The van der Waals surface area contributed by atoms with Gasteiger partial charge in [0, 0.05) is 17.1 Å². The van der Waals surface area contributed by atoms with Crippen molar-refractivity contribution < 1.29 is 18.0 Å². The van der Waals surface area contributed by atoms with Gasteiger partial charge in [0.2, 0.25) is 0 Å². The van der Waals surface area contributed by atoms with Gasteiger partial charge < -0.3 is 0 Å². The Labute approximate surface area is 124 Å². The summed E-state index contributed by atoms with van der Waals surface area (Å²) in [6.07, 6.45) is -2.73. The van der Waals surface area contributed by atoms with Crippen LogP contribution in [-0.4, -0.2) is 11.3 Å². The van der Waals surface area contributed by atoms with Gasteiger partial charge in [-0.1, -0.05) is 30.3 Å². The lowest BCUT2D eigenvalue weighted by molar-refractivity contribution is -0.137. The molecule has 5 heteroatoms. The second kappa shape index (κ2) is 5.26. The van der Waals surface area contributed by atoms with Crippen LogP contribution in [0.4, 0.5) is 13.2 Å². The first-order chi connectivity index (χ1) is 10.5. The second-order valence-electron chi connectivity index (χ2n) is 4.79. The fraction of sp³-hybridized carbons (Fsp3) is 0.0588. The summed E-state index contributed by atoms with van der Waals surface area (Å²) in [7, 11) is 0. The van der Waals surface area contributed by atoms with E-state index < -0.39 is 11.7 Å². The summed E-state index contributed by atoms with van der Waals surface area (Å²) in [5.74, 6) is 0. The predicted molar refractivity (Wildman–Crippen MR) is 77.6 cm³/mol. The van der Waals surface area contributed by atoms with Gasteiger partial charge >= 0.3 is 6.18 Å². The van der Waals surface area contributed by atoms with Crippen LogP contribution >= 0.6 is 0 Å². The molecule has 0 spiro atoms. The number of hydrogen-bond donors (Lipinski definition) is 0. The van der Waals surface area contributed by atoms with E-state index in [4.69, 9.17) is 0 Å². The van der Waals surface area contributed by atoms with E-state index in [2.05, 4.69) is 4.98 Å². The van der Waals surface area contributed by atoms with Crippen molar-refractivity contribution in [3.8, 4) is 11.1 Å². The number of carbonyl (C=O) groups excluding carboxylic acids is 1. The highest BCUT2D eigenvalue weighted by molar-refractivity contribution is 5.95. The molecular formula is C17H10F3NO. The van der Waals surface area contributed by atoms with Gasteiger partial charge in [-0.3, -0.25) is 9.78 Å². The lowest BCUT2D eigenvalue weighted by Crippen LogP contribution is -2.09. The van der Waals surface area contributed by atoms with Gasteiger partial charge in [0.25, 0.3) is 0 Å². The standard InChI is InChI=1S/C17H10F3NO/c18-17(19,20)15-9-11(6-7-12(15)10-22)13-3-1-5-16-14(13)4-2-8-21-16/h1-10H. The minimum atomic E-state index is -4.57. The number of pyridine rings is 1. The molecule has 0 saturated heterocycles. The first kappa shape index (κ1) is 14.3. The van der Waals surface area contributed by atoms with E-state index in [9.17, 15) is 18.0 Å². The van der Waals surface area contributed by atoms with E-state index in [1.54, 1.807) is 36.5 Å². The van der Waals surface area contributed by atoms with Crippen molar-refractivity contribution in [3.05, 3.63) is 65.9 Å². The summed E-state index contributed by atoms with van der Waals surface area (Å²) in [6, 6.07) is 12.5. The summed E-state index contributed by atoms with van der Waals surface area (Å²) in [5.41, 5.74) is 0.452. The summed E-state index contributed by atoms with van der Waals surface area (Å²) >= 11 is 0. The van der Waals surface area contributed by atoms with Crippen LogP contribution in [0.25, 0.3) is 22.0 Å². The highest BCUT2D eigenvalue weighted by Crippen LogP contribution is 2.36. The molecule has 0 aliphatic carbocycles. The van der Waals surface area contributed by atoms with Gasteiger partial charge in [-0.25, -0.2) is 0 Å². The Morgan fingerprint density at radius 2 is 1.82 bits per heavy atom. The Morgan fingerprint density at radius 1 is 1.00 bits per heavy atom. The molecule has 0 aliphatic rings. The minimum absolute atomic E-state index is 0.220. The molecule has 0 N–H and O–H groups in total. The van der Waals surface area contributed by atoms with Crippen LogP contribution in [0.5, 0.6) is 0 Å². The highest BCUT2D eigenvalue weighted by Gasteiger charge is 2.33. The maximum Gasteiger partial charge on any atom is 0.417 e. The zero-order valence-electron chi connectivity index (χ0n) is 11.3. The molecular weight excluding hydrogens is 291 g/mol. The Hall–Kier alpha value is -2.69. The van der Waals surface area contributed by atoms with Gasteiger partial charge in [0.15, 0.2) is 6.29 Å². The van der Waals surface area contributed by atoms with E-state index >= 15 is 0 Å². The number of halogens is 3. The highest BCUT2D eigenvalue weighted by atomic mass is 19.4. The molecule has 2 aromatic carbocycles. The van der Waals surface area contributed by atoms with Crippen LogP contribution in [0.2, 0.25) is 0 Å². The molecule has 0 aliphatic heterocycles. The van der Waals surface area contributed by atoms with Crippen molar-refractivity contribution >= 4 is 17.2 Å².